The predicted molar refractivity (Wildman–Crippen MR) is 114 cm³/mol. The number of alkyl halides is 3. The fourth-order valence-electron chi connectivity index (χ4n) is 3.06. The molecular weight excluding hydrogens is 489 g/mol. The van der Waals surface area contributed by atoms with E-state index < -0.39 is 50.7 Å². The fraction of sp³-hybridized carbons (Fsp3) is 0.353. The number of hydrogen-bond acceptors (Lipinski definition) is 9. The van der Waals surface area contributed by atoms with Crippen LogP contribution in [-0.2, 0) is 37.4 Å². The van der Waals surface area contributed by atoms with Gasteiger partial charge in [0.25, 0.3) is 0 Å². The number of nitrogens with zero attached hydrogens (tertiary/aromatic N) is 3. The van der Waals surface area contributed by atoms with Crippen molar-refractivity contribution < 1.29 is 34.8 Å². The third-order valence-electron chi connectivity index (χ3n) is 4.41. The lowest BCUT2D eigenvalue weighted by molar-refractivity contribution is -0.137. The Kier molecular flexibility index (Phi) is 6.54. The number of hydrogen-bond donors (Lipinski definition) is 3. The molecule has 3 N–H and O–H groups in total. The summed E-state index contributed by atoms with van der Waals surface area (Å²) in [5.41, 5.74) is 0.526. The Bertz CT molecular complexity index is 1270. The van der Waals surface area contributed by atoms with Crippen molar-refractivity contribution in [2.45, 2.75) is 12.6 Å². The number of anilines is 4. The lowest BCUT2D eigenvalue weighted by Gasteiger charge is -2.19. The molecule has 0 aliphatic carbocycles. The van der Waals surface area contributed by atoms with Crippen LogP contribution in [0.15, 0.2) is 24.4 Å². The minimum atomic E-state index is -4.83. The van der Waals surface area contributed by atoms with Gasteiger partial charge < -0.3 is 16.0 Å². The summed E-state index contributed by atoms with van der Waals surface area (Å²) in [6.07, 6.45) is -2.79. The first kappa shape index (κ1) is 24.7. The molecule has 33 heavy (non-hydrogen) atoms. The molecule has 2 aromatic rings. The third kappa shape index (κ3) is 6.08. The van der Waals surface area contributed by atoms with Crippen molar-refractivity contribution in [3.05, 3.63) is 35.5 Å². The van der Waals surface area contributed by atoms with Crippen LogP contribution in [0.4, 0.5) is 36.3 Å². The van der Waals surface area contributed by atoms with Crippen molar-refractivity contribution in [2.75, 3.05) is 41.6 Å². The summed E-state index contributed by atoms with van der Waals surface area (Å²) >= 11 is 0. The maximum absolute atomic E-state index is 13.4. The number of carbonyl (C=O) groups is 1. The molecule has 2 heterocycles. The van der Waals surface area contributed by atoms with Crippen LogP contribution in [0.5, 0.6) is 0 Å². The Morgan fingerprint density at radius 1 is 1.15 bits per heavy atom. The fourth-order valence-corrected chi connectivity index (χ4v) is 5.88. The van der Waals surface area contributed by atoms with Crippen molar-refractivity contribution in [2.24, 2.45) is 0 Å². The molecule has 0 saturated heterocycles. The first-order valence-corrected chi connectivity index (χ1v) is 12.9. The van der Waals surface area contributed by atoms with Crippen molar-refractivity contribution in [1.29, 1.82) is 0 Å². The van der Waals surface area contributed by atoms with E-state index in [0.29, 0.717) is 35.6 Å². The van der Waals surface area contributed by atoms with Gasteiger partial charge in [-0.15, -0.1) is 0 Å². The van der Waals surface area contributed by atoms with Gasteiger partial charge in [0.05, 0.1) is 18.9 Å². The average Bonchev–Trinajstić information content (AvgIpc) is 3.01. The molecule has 0 saturated carbocycles. The van der Waals surface area contributed by atoms with Crippen molar-refractivity contribution in [1.82, 2.24) is 13.7 Å². The largest absolute Gasteiger partial charge is 0.421 e. The molecule has 180 valence electrons. The number of sulfonamides is 2. The summed E-state index contributed by atoms with van der Waals surface area (Å²) in [7, 11) is -8.33. The molecule has 1 aliphatic rings. The van der Waals surface area contributed by atoms with Crippen LogP contribution in [-0.4, -0.2) is 62.0 Å². The van der Waals surface area contributed by atoms with Gasteiger partial charge in [0.1, 0.15) is 11.4 Å². The molecule has 0 fully saturated rings. The van der Waals surface area contributed by atoms with Crippen LogP contribution in [0.25, 0.3) is 0 Å². The van der Waals surface area contributed by atoms with Crippen LogP contribution in [0, 0.1) is 0 Å². The molecule has 11 nitrogen and oxygen atoms in total. The summed E-state index contributed by atoms with van der Waals surface area (Å²) in [5.74, 6) is -1.05. The monoisotopic (exact) mass is 508 g/mol. The van der Waals surface area contributed by atoms with Gasteiger partial charge in [-0.1, -0.05) is 3.71 Å². The van der Waals surface area contributed by atoms with Crippen LogP contribution >= 0.6 is 0 Å². The number of nitrogens with one attached hydrogen (secondary N) is 3. The second-order valence-electron chi connectivity index (χ2n) is 7.12. The molecule has 0 atom stereocenters. The highest BCUT2D eigenvalue weighted by Crippen LogP contribution is 2.34. The van der Waals surface area contributed by atoms with Gasteiger partial charge in [0.2, 0.25) is 31.9 Å². The first-order chi connectivity index (χ1) is 15.1. The number of aromatic nitrogens is 2. The number of fused-ring (bicyclic) bond motifs is 1. The summed E-state index contributed by atoms with van der Waals surface area (Å²) < 4.78 is 87.0. The van der Waals surface area contributed by atoms with Crippen molar-refractivity contribution >= 4 is 49.1 Å². The zero-order valence-electron chi connectivity index (χ0n) is 17.3. The van der Waals surface area contributed by atoms with Crippen molar-refractivity contribution in [3.8, 4) is 0 Å². The van der Waals surface area contributed by atoms with Crippen LogP contribution in [0.2, 0.25) is 0 Å². The number of carbonyl (C=O) groups excluding carboxylic acids is 1. The molecule has 1 amide bonds. The summed E-state index contributed by atoms with van der Waals surface area (Å²) in [5, 5.41) is 7.73. The molecule has 0 bridgehead atoms. The molecule has 0 spiro atoms. The summed E-state index contributed by atoms with van der Waals surface area (Å²) in [4.78, 5) is 18.9. The molecule has 0 unspecified atom stereocenters. The van der Waals surface area contributed by atoms with E-state index in [4.69, 9.17) is 0 Å². The van der Waals surface area contributed by atoms with Gasteiger partial charge in [-0.2, -0.15) is 18.2 Å². The second-order valence-corrected chi connectivity index (χ2v) is 11.2. The predicted octanol–water partition coefficient (Wildman–Crippen LogP) is 1.37. The highest BCUT2D eigenvalue weighted by molar-refractivity contribution is 8.03. The Balaban J connectivity index is 1.82. The van der Waals surface area contributed by atoms with Gasteiger partial charge in [-0.3, -0.25) is 4.79 Å². The smallest absolute Gasteiger partial charge is 0.368 e. The van der Waals surface area contributed by atoms with E-state index in [2.05, 4.69) is 25.9 Å². The van der Waals surface area contributed by atoms with E-state index >= 15 is 0 Å². The second kappa shape index (κ2) is 8.75. The quantitative estimate of drug-likeness (QED) is 0.480. The Morgan fingerprint density at radius 2 is 1.82 bits per heavy atom. The van der Waals surface area contributed by atoms with Gasteiger partial charge in [-0.05, 0) is 23.8 Å². The van der Waals surface area contributed by atoms with Crippen LogP contribution in [0.1, 0.15) is 11.1 Å². The molecule has 1 aromatic heterocycles. The number of halogens is 3. The zero-order chi connectivity index (χ0) is 24.6. The lowest BCUT2D eigenvalue weighted by atomic mass is 10.1. The van der Waals surface area contributed by atoms with E-state index in [1.165, 1.54) is 0 Å². The minimum absolute atomic E-state index is 0.155. The van der Waals surface area contributed by atoms with Gasteiger partial charge >= 0.3 is 6.18 Å². The van der Waals surface area contributed by atoms with Gasteiger partial charge in [-0.25, -0.2) is 21.8 Å². The molecule has 16 heteroatoms. The van der Waals surface area contributed by atoms with E-state index in [0.717, 1.165) is 0 Å². The van der Waals surface area contributed by atoms with Crippen LogP contribution in [0.3, 0.4) is 0 Å². The van der Waals surface area contributed by atoms with E-state index in [1.54, 1.807) is 18.2 Å². The highest BCUT2D eigenvalue weighted by Gasteiger charge is 2.35. The van der Waals surface area contributed by atoms with Gasteiger partial charge in [0, 0.05) is 30.7 Å². The topological polar surface area (TPSA) is 150 Å². The standard InChI is InChI=1S/C17H19F3N6O5S2/c1-32(28,29)26(33(2,30)31)6-5-21-15-12(17(18,19)20)9-22-16(25-15)23-11-3-4-13-10(7-11)8-14(27)24-13/h3-4,7,9H,5-6,8H2,1-2H3,(H,24,27)(H2,21,22,23,25). The molecule has 3 rings (SSSR count). The van der Waals surface area contributed by atoms with Crippen molar-refractivity contribution in [3.63, 3.8) is 0 Å². The SMILES string of the molecule is CS(=O)(=O)N(CCNc1nc(Nc2ccc3c(c2)CC(=O)N3)ncc1C(F)(F)F)S(C)(=O)=O. The van der Waals surface area contributed by atoms with E-state index in [-0.39, 0.29) is 22.0 Å². The number of rotatable bonds is 8. The minimum Gasteiger partial charge on any atom is -0.368 e. The third-order valence-corrected chi connectivity index (χ3v) is 7.88. The van der Waals surface area contributed by atoms with Gasteiger partial charge in [0.15, 0.2) is 0 Å². The lowest BCUT2D eigenvalue weighted by Crippen LogP contribution is -2.38. The molecule has 0 radical (unpaired) electrons. The number of amides is 1. The highest BCUT2D eigenvalue weighted by atomic mass is 32.3. The number of benzene rings is 1. The molecule has 1 aromatic carbocycles. The zero-order valence-corrected chi connectivity index (χ0v) is 18.9. The molecular formula is C17H19F3N6O5S2. The Hall–Kier alpha value is -2.98. The Morgan fingerprint density at radius 3 is 2.42 bits per heavy atom. The van der Waals surface area contributed by atoms with E-state index in [9.17, 15) is 34.8 Å². The summed E-state index contributed by atoms with van der Waals surface area (Å²) in [6, 6.07) is 4.82. The van der Waals surface area contributed by atoms with E-state index in [1.807, 2.05) is 0 Å². The maximum atomic E-state index is 13.4. The average molecular weight is 509 g/mol. The summed E-state index contributed by atoms with van der Waals surface area (Å²) in [6.45, 7) is -1.13. The normalized spacial score (nSPS) is 14.2. The maximum Gasteiger partial charge on any atom is 0.421 e. The first-order valence-electron chi connectivity index (χ1n) is 9.20. The Labute approximate surface area is 187 Å². The van der Waals surface area contributed by atoms with Crippen LogP contribution < -0.4 is 16.0 Å². The molecule has 1 aliphatic heterocycles.